The van der Waals surface area contributed by atoms with E-state index in [1.165, 1.54) is 0 Å². The van der Waals surface area contributed by atoms with Crippen LogP contribution in [0.4, 0.5) is 0 Å². The minimum absolute atomic E-state index is 0. The molecular formula is CFeMnNNi-. The zero-order valence-electron chi connectivity index (χ0n) is 1.99. The Morgan fingerprint density at radius 1 is 1.20 bits per heavy atom. The molecule has 0 atom stereocenters. The molecule has 0 aliphatic carbocycles. The van der Waals surface area contributed by atoms with Crippen molar-refractivity contribution in [2.24, 2.45) is 0 Å². The van der Waals surface area contributed by atoms with E-state index in [1.807, 2.05) is 0 Å². The van der Waals surface area contributed by atoms with Crippen LogP contribution in [0.3, 0.4) is 0 Å². The molecule has 0 saturated carbocycles. The average molecular weight is 195 g/mol. The van der Waals surface area contributed by atoms with Crippen molar-refractivity contribution in [3.05, 3.63) is 6.57 Å². The van der Waals surface area contributed by atoms with Gasteiger partial charge in [0.15, 0.2) is 0 Å². The Labute approximate surface area is 62.4 Å². The van der Waals surface area contributed by atoms with E-state index in [0.29, 0.717) is 0 Å². The van der Waals surface area contributed by atoms with E-state index >= 15 is 0 Å². The van der Waals surface area contributed by atoms with Crippen molar-refractivity contribution in [2.75, 3.05) is 0 Å². The van der Waals surface area contributed by atoms with E-state index in [4.69, 9.17) is 11.8 Å². The summed E-state index contributed by atoms with van der Waals surface area (Å²) in [7, 11) is 0. The Hall–Kier alpha value is 1.02. The van der Waals surface area contributed by atoms with Crippen molar-refractivity contribution < 1.29 is 50.6 Å². The zero-order chi connectivity index (χ0) is 2.00. The van der Waals surface area contributed by atoms with E-state index in [1.54, 1.807) is 0 Å². The fourth-order valence-corrected chi connectivity index (χ4v) is 0. The molecule has 0 aromatic heterocycles. The molecule has 0 fully saturated rings. The van der Waals surface area contributed by atoms with Gasteiger partial charge in [-0.15, -0.1) is 0 Å². The molecule has 0 rings (SSSR count). The van der Waals surface area contributed by atoms with Crippen molar-refractivity contribution in [1.82, 2.24) is 0 Å². The molecule has 0 aliphatic heterocycles. The largest absolute Gasteiger partial charge is 0.512 e. The zero-order valence-corrected chi connectivity index (χ0v) is 5.27. The Morgan fingerprint density at radius 3 is 1.20 bits per heavy atom. The molecule has 1 radical (unpaired) electrons. The fraction of sp³-hybridized carbons (Fsp3) is 0. The molecule has 0 spiro atoms. The van der Waals surface area contributed by atoms with Crippen molar-refractivity contribution in [2.45, 2.75) is 0 Å². The van der Waals surface area contributed by atoms with Crippen LogP contribution in [0.2, 0.25) is 0 Å². The molecule has 0 amide bonds. The van der Waals surface area contributed by atoms with Gasteiger partial charge in [-0.1, -0.05) is 0 Å². The monoisotopic (exact) mass is 195 g/mol. The van der Waals surface area contributed by atoms with Gasteiger partial charge in [0.2, 0.25) is 0 Å². The van der Waals surface area contributed by atoms with Crippen LogP contribution in [0.25, 0.3) is 0 Å². The number of nitrogens with zero attached hydrogens (tertiary/aromatic N) is 1. The minimum atomic E-state index is 0. The first-order valence-electron chi connectivity index (χ1n) is 0.224. The van der Waals surface area contributed by atoms with Gasteiger partial charge in [-0.2, -0.15) is 0 Å². The van der Waals surface area contributed by atoms with Gasteiger partial charge in [0, 0.05) is 50.6 Å². The first-order valence-corrected chi connectivity index (χ1v) is 0.224. The molecule has 4 heteroatoms. The first kappa shape index (κ1) is 37.1. The normalized spacial score (nSPS) is 0.400. The van der Waals surface area contributed by atoms with E-state index in [0.717, 1.165) is 0 Å². The maximum absolute atomic E-state index is 6.25. The average Bonchev–Trinajstić information content (AvgIpc) is 1.00. The third kappa shape index (κ3) is 43.9. The molecule has 0 aliphatic rings. The Morgan fingerprint density at radius 2 is 1.20 bits per heavy atom. The van der Waals surface area contributed by atoms with Crippen LogP contribution in [0, 0.1) is 11.8 Å². The predicted octanol–water partition coefficient (Wildman–Crippen LogP) is 0.0889. The van der Waals surface area contributed by atoms with E-state index < -0.39 is 0 Å². The topological polar surface area (TPSA) is 23.8 Å². The smallest absolute Gasteiger partial charge is 0 e. The van der Waals surface area contributed by atoms with Gasteiger partial charge in [-0.25, -0.2) is 0 Å². The summed E-state index contributed by atoms with van der Waals surface area (Å²) in [6.45, 7) is 4.75. The molecule has 35 valence electrons. The Kier molecular flexibility index (Phi) is 577. The van der Waals surface area contributed by atoms with Gasteiger partial charge in [-0.3, -0.25) is 0 Å². The van der Waals surface area contributed by atoms with E-state index in [2.05, 4.69) is 0 Å². The third-order valence-electron chi connectivity index (χ3n) is 0. The van der Waals surface area contributed by atoms with Crippen molar-refractivity contribution >= 4 is 0 Å². The molecule has 5 heavy (non-hydrogen) atoms. The molecule has 0 aromatic rings. The van der Waals surface area contributed by atoms with Gasteiger partial charge in [0.25, 0.3) is 0 Å². The molecule has 0 N–H and O–H groups in total. The van der Waals surface area contributed by atoms with Gasteiger partial charge in [0.1, 0.15) is 0 Å². The minimum Gasteiger partial charge on any atom is -0.512 e. The molecule has 0 saturated heterocycles. The quantitative estimate of drug-likeness (QED) is 0.397. The molecule has 0 bridgehead atoms. The number of hydrogen-bond donors (Lipinski definition) is 0. The van der Waals surface area contributed by atoms with Crippen molar-refractivity contribution in [3.63, 3.8) is 0 Å². The second kappa shape index (κ2) is 77.7. The number of rotatable bonds is 0. The van der Waals surface area contributed by atoms with E-state index in [9.17, 15) is 0 Å². The maximum Gasteiger partial charge on any atom is 0 e. The van der Waals surface area contributed by atoms with Crippen LogP contribution in [-0.4, -0.2) is 0 Å². The summed E-state index contributed by atoms with van der Waals surface area (Å²) in [5.74, 6) is 0. The maximum atomic E-state index is 6.25. The van der Waals surface area contributed by atoms with Gasteiger partial charge in [-0.05, 0) is 0 Å². The standard InChI is InChI=1S/CN.Fe.Mn.Ni/c1-2;;;/q-1;;;. The molecule has 0 unspecified atom stereocenters. The summed E-state index contributed by atoms with van der Waals surface area (Å²) >= 11 is 0. The first-order chi connectivity index (χ1) is 1.00. The van der Waals surface area contributed by atoms with Crippen LogP contribution >= 0.6 is 0 Å². The molecule has 0 aromatic carbocycles. The van der Waals surface area contributed by atoms with Gasteiger partial charge >= 0.3 is 0 Å². The summed E-state index contributed by atoms with van der Waals surface area (Å²) in [5.41, 5.74) is 0. The Bertz CT molecular complexity index is 16.4. The van der Waals surface area contributed by atoms with Gasteiger partial charge in [0.05, 0.1) is 0 Å². The van der Waals surface area contributed by atoms with Crippen LogP contribution in [0.1, 0.15) is 0 Å². The van der Waals surface area contributed by atoms with Crippen LogP contribution in [-0.2, 0) is 50.6 Å². The summed E-state index contributed by atoms with van der Waals surface area (Å²) < 4.78 is 0. The van der Waals surface area contributed by atoms with Crippen LogP contribution < -0.4 is 0 Å². The summed E-state index contributed by atoms with van der Waals surface area (Å²) in [6, 6.07) is 0. The summed E-state index contributed by atoms with van der Waals surface area (Å²) in [6.07, 6.45) is 0. The number of hydrogen-bond acceptors (Lipinski definition) is 1. The Balaban J connectivity index is -0.00000000167. The second-order valence-electron chi connectivity index (χ2n) is 0. The molecule has 0 heterocycles. The predicted molar refractivity (Wildman–Crippen MR) is 4.97 cm³/mol. The van der Waals surface area contributed by atoms with E-state index in [-0.39, 0.29) is 50.6 Å². The third-order valence-corrected chi connectivity index (χ3v) is 0. The summed E-state index contributed by atoms with van der Waals surface area (Å²) in [5, 5.41) is 6.25. The summed E-state index contributed by atoms with van der Waals surface area (Å²) in [4.78, 5) is 0. The van der Waals surface area contributed by atoms with Gasteiger partial charge < -0.3 is 11.8 Å². The van der Waals surface area contributed by atoms with Crippen molar-refractivity contribution in [1.29, 1.82) is 5.26 Å². The fourth-order valence-electron chi connectivity index (χ4n) is 0. The molecule has 1 nitrogen and oxygen atoms in total. The second-order valence-corrected chi connectivity index (χ2v) is 0. The van der Waals surface area contributed by atoms with Crippen molar-refractivity contribution in [3.8, 4) is 0 Å². The molecular weight excluding hydrogens is 195 g/mol. The van der Waals surface area contributed by atoms with Crippen LogP contribution in [0.15, 0.2) is 0 Å². The SMILES string of the molecule is [C-]#N.[Fe].[Mn].[Ni]. The van der Waals surface area contributed by atoms with Crippen LogP contribution in [0.5, 0.6) is 0 Å².